The van der Waals surface area contributed by atoms with Crippen molar-refractivity contribution in [2.75, 3.05) is 0 Å². The van der Waals surface area contributed by atoms with E-state index in [4.69, 9.17) is 10.5 Å². The van der Waals surface area contributed by atoms with E-state index in [1.807, 2.05) is 0 Å². The largest absolute Gasteiger partial charge is 0.463 e. The fraction of sp³-hybridized carbons (Fsp3) is 0.667. The minimum atomic E-state index is -0.359. The standard InChI is InChI=1S/C6H11NO2S/c1-4(2)9-6(8)3-5(7)10/h4H,3H2,1-2H3,(H2,7,10). The third kappa shape index (κ3) is 5.50. The van der Waals surface area contributed by atoms with Crippen LogP contribution in [0.1, 0.15) is 20.3 Å². The molecule has 0 unspecified atom stereocenters. The van der Waals surface area contributed by atoms with E-state index in [1.54, 1.807) is 13.8 Å². The first-order valence-electron chi connectivity index (χ1n) is 3.00. The van der Waals surface area contributed by atoms with E-state index in [0.29, 0.717) is 0 Å². The molecule has 0 aromatic heterocycles. The number of ether oxygens (including phenoxy) is 1. The summed E-state index contributed by atoms with van der Waals surface area (Å²) in [6, 6.07) is 0. The Hall–Kier alpha value is -0.640. The molecular weight excluding hydrogens is 150 g/mol. The zero-order chi connectivity index (χ0) is 8.15. The fourth-order valence-electron chi connectivity index (χ4n) is 0.447. The van der Waals surface area contributed by atoms with Crippen molar-refractivity contribution in [1.29, 1.82) is 0 Å². The predicted octanol–water partition coefficient (Wildman–Crippen LogP) is 0.614. The normalized spacial score (nSPS) is 9.50. The molecule has 0 heterocycles. The molecule has 0 fully saturated rings. The summed E-state index contributed by atoms with van der Waals surface area (Å²) in [6.07, 6.45) is -0.0603. The second-order valence-corrected chi connectivity index (χ2v) is 2.71. The molecule has 0 aromatic rings. The predicted molar refractivity (Wildman–Crippen MR) is 42.6 cm³/mol. The van der Waals surface area contributed by atoms with E-state index in [2.05, 4.69) is 12.2 Å². The van der Waals surface area contributed by atoms with Crippen molar-refractivity contribution in [1.82, 2.24) is 0 Å². The summed E-state index contributed by atoms with van der Waals surface area (Å²) < 4.78 is 4.75. The molecule has 0 amide bonds. The number of rotatable bonds is 3. The Morgan fingerprint density at radius 3 is 2.50 bits per heavy atom. The highest BCUT2D eigenvalue weighted by Crippen LogP contribution is 1.92. The molecule has 4 heteroatoms. The highest BCUT2D eigenvalue weighted by atomic mass is 32.1. The van der Waals surface area contributed by atoms with Gasteiger partial charge in [0.1, 0.15) is 0 Å². The molecule has 0 aromatic carbocycles. The zero-order valence-corrected chi connectivity index (χ0v) is 6.90. The maximum Gasteiger partial charge on any atom is 0.312 e. The molecule has 10 heavy (non-hydrogen) atoms. The van der Waals surface area contributed by atoms with Gasteiger partial charge in [-0.3, -0.25) is 4.79 Å². The Morgan fingerprint density at radius 2 is 2.20 bits per heavy atom. The molecule has 0 radical (unpaired) electrons. The van der Waals surface area contributed by atoms with Crippen molar-refractivity contribution in [3.05, 3.63) is 0 Å². The van der Waals surface area contributed by atoms with Crippen LogP contribution < -0.4 is 5.73 Å². The molecule has 0 rings (SSSR count). The van der Waals surface area contributed by atoms with Crippen molar-refractivity contribution in [2.45, 2.75) is 26.4 Å². The highest BCUT2D eigenvalue weighted by Gasteiger charge is 2.05. The number of hydrogen-bond acceptors (Lipinski definition) is 3. The van der Waals surface area contributed by atoms with Crippen LogP contribution in [-0.2, 0) is 9.53 Å². The maximum absolute atomic E-state index is 10.7. The lowest BCUT2D eigenvalue weighted by Gasteiger charge is -2.05. The number of nitrogens with two attached hydrogens (primary N) is 1. The number of carbonyl (C=O) groups excluding carboxylic acids is 1. The summed E-state index contributed by atoms with van der Waals surface area (Å²) in [6.45, 7) is 3.55. The molecule has 0 saturated heterocycles. The van der Waals surface area contributed by atoms with Crippen LogP contribution in [0.15, 0.2) is 0 Å². The average Bonchev–Trinajstić information content (AvgIpc) is 1.58. The van der Waals surface area contributed by atoms with E-state index >= 15 is 0 Å². The van der Waals surface area contributed by atoms with E-state index in [1.165, 1.54) is 0 Å². The Kier molecular flexibility index (Phi) is 3.95. The SMILES string of the molecule is CC(C)OC(=O)CC(N)=S. The Labute approximate surface area is 65.5 Å². The molecule has 0 aliphatic carbocycles. The highest BCUT2D eigenvalue weighted by molar-refractivity contribution is 7.80. The van der Waals surface area contributed by atoms with Gasteiger partial charge in [0.15, 0.2) is 0 Å². The Balaban J connectivity index is 3.54. The second kappa shape index (κ2) is 4.22. The zero-order valence-electron chi connectivity index (χ0n) is 6.09. The van der Waals surface area contributed by atoms with Gasteiger partial charge < -0.3 is 10.5 Å². The lowest BCUT2D eigenvalue weighted by atomic mass is 10.4. The summed E-state index contributed by atoms with van der Waals surface area (Å²) in [5, 5.41) is 0. The van der Waals surface area contributed by atoms with Crippen LogP contribution in [0.3, 0.4) is 0 Å². The van der Waals surface area contributed by atoms with Crippen LogP contribution in [-0.4, -0.2) is 17.1 Å². The first kappa shape index (κ1) is 9.36. The molecule has 58 valence electrons. The lowest BCUT2D eigenvalue weighted by molar-refractivity contribution is -0.145. The van der Waals surface area contributed by atoms with E-state index in [9.17, 15) is 4.79 Å². The molecule has 0 bridgehead atoms. The first-order valence-corrected chi connectivity index (χ1v) is 3.41. The van der Waals surface area contributed by atoms with Crippen molar-refractivity contribution in [2.24, 2.45) is 5.73 Å². The average molecular weight is 161 g/mol. The summed E-state index contributed by atoms with van der Waals surface area (Å²) in [7, 11) is 0. The van der Waals surface area contributed by atoms with E-state index < -0.39 is 0 Å². The van der Waals surface area contributed by atoms with Gasteiger partial charge in [-0.25, -0.2) is 0 Å². The van der Waals surface area contributed by atoms with Crippen LogP contribution in [0.4, 0.5) is 0 Å². The van der Waals surface area contributed by atoms with Gasteiger partial charge in [0.25, 0.3) is 0 Å². The number of carbonyl (C=O) groups is 1. The van der Waals surface area contributed by atoms with Gasteiger partial charge in [0, 0.05) is 0 Å². The van der Waals surface area contributed by atoms with E-state index in [0.717, 1.165) is 0 Å². The summed E-state index contributed by atoms with van der Waals surface area (Å²) >= 11 is 4.50. The summed E-state index contributed by atoms with van der Waals surface area (Å²) in [4.78, 5) is 10.8. The van der Waals surface area contributed by atoms with Crippen molar-refractivity contribution >= 4 is 23.2 Å². The van der Waals surface area contributed by atoms with Gasteiger partial charge in [-0.15, -0.1) is 0 Å². The topological polar surface area (TPSA) is 52.3 Å². The van der Waals surface area contributed by atoms with Crippen molar-refractivity contribution in [3.63, 3.8) is 0 Å². The molecule has 0 aliphatic heterocycles. The number of esters is 1. The molecule has 3 nitrogen and oxygen atoms in total. The van der Waals surface area contributed by atoms with Gasteiger partial charge >= 0.3 is 5.97 Å². The molecule has 0 saturated carbocycles. The summed E-state index contributed by atoms with van der Waals surface area (Å²) in [5.41, 5.74) is 5.10. The maximum atomic E-state index is 10.7. The monoisotopic (exact) mass is 161 g/mol. The Bertz CT molecular complexity index is 145. The molecular formula is C6H11NO2S. The molecule has 0 atom stereocenters. The first-order chi connectivity index (χ1) is 4.52. The van der Waals surface area contributed by atoms with Gasteiger partial charge in [-0.1, -0.05) is 12.2 Å². The van der Waals surface area contributed by atoms with Crippen LogP contribution in [0.5, 0.6) is 0 Å². The van der Waals surface area contributed by atoms with Gasteiger partial charge in [-0.2, -0.15) is 0 Å². The molecule has 0 spiro atoms. The van der Waals surface area contributed by atoms with Gasteiger partial charge in [-0.05, 0) is 13.8 Å². The van der Waals surface area contributed by atoms with E-state index in [-0.39, 0.29) is 23.5 Å². The van der Waals surface area contributed by atoms with Crippen LogP contribution in [0, 0.1) is 0 Å². The third-order valence-corrected chi connectivity index (χ3v) is 0.830. The van der Waals surface area contributed by atoms with Crippen molar-refractivity contribution in [3.8, 4) is 0 Å². The van der Waals surface area contributed by atoms with Crippen LogP contribution >= 0.6 is 12.2 Å². The fourth-order valence-corrected chi connectivity index (χ4v) is 0.565. The smallest absolute Gasteiger partial charge is 0.312 e. The van der Waals surface area contributed by atoms with Gasteiger partial charge in [0.05, 0.1) is 17.5 Å². The second-order valence-electron chi connectivity index (χ2n) is 2.18. The molecule has 0 aliphatic rings. The third-order valence-electron chi connectivity index (χ3n) is 0.686. The number of hydrogen-bond donors (Lipinski definition) is 1. The number of thiocarbonyl (C=S) groups is 1. The summed E-state index contributed by atoms with van der Waals surface area (Å²) in [5.74, 6) is -0.359. The quantitative estimate of drug-likeness (QED) is 0.487. The van der Waals surface area contributed by atoms with Crippen LogP contribution in [0.25, 0.3) is 0 Å². The minimum absolute atomic E-state index is 0.0352. The van der Waals surface area contributed by atoms with Crippen molar-refractivity contribution < 1.29 is 9.53 Å². The van der Waals surface area contributed by atoms with Crippen LogP contribution in [0.2, 0.25) is 0 Å². The molecule has 2 N–H and O–H groups in total. The van der Waals surface area contributed by atoms with Gasteiger partial charge in [0.2, 0.25) is 0 Å². The minimum Gasteiger partial charge on any atom is -0.463 e. The lowest BCUT2D eigenvalue weighted by Crippen LogP contribution is -2.18. The Morgan fingerprint density at radius 1 is 1.70 bits per heavy atom.